The van der Waals surface area contributed by atoms with Crippen molar-refractivity contribution in [1.82, 2.24) is 19.7 Å². The van der Waals surface area contributed by atoms with Crippen molar-refractivity contribution in [2.75, 3.05) is 32.1 Å². The second-order valence-corrected chi connectivity index (χ2v) is 8.21. The van der Waals surface area contributed by atoms with E-state index in [2.05, 4.69) is 25.7 Å². The number of anilines is 1. The summed E-state index contributed by atoms with van der Waals surface area (Å²) in [5, 5.41) is 9.98. The molecule has 2 heterocycles. The molecule has 0 unspecified atom stereocenters. The first-order valence-corrected chi connectivity index (χ1v) is 10.3. The quantitative estimate of drug-likeness (QED) is 0.730. The van der Waals surface area contributed by atoms with Gasteiger partial charge in [-0.05, 0) is 43.4 Å². The molecule has 4 rings (SSSR count). The van der Waals surface area contributed by atoms with E-state index in [0.29, 0.717) is 6.04 Å². The molecule has 7 heteroatoms. The van der Waals surface area contributed by atoms with Crippen molar-refractivity contribution in [3.8, 4) is 0 Å². The number of hydrogen-bond donors (Lipinski definition) is 0. The molecule has 1 aromatic heterocycles. The van der Waals surface area contributed by atoms with Gasteiger partial charge < -0.3 is 9.80 Å². The number of hydrogen-bond acceptors (Lipinski definition) is 5. The molecule has 0 spiro atoms. The zero-order chi connectivity index (χ0) is 18.1. The zero-order valence-electron chi connectivity index (χ0n) is 15.4. The van der Waals surface area contributed by atoms with Crippen molar-refractivity contribution < 1.29 is 4.79 Å². The summed E-state index contributed by atoms with van der Waals surface area (Å²) < 4.78 is 2.34. The molecule has 2 aliphatic rings. The monoisotopic (exact) mass is 371 g/mol. The van der Waals surface area contributed by atoms with Crippen molar-refractivity contribution >= 4 is 23.6 Å². The van der Waals surface area contributed by atoms with Crippen LogP contribution in [-0.2, 0) is 5.75 Å². The molecular weight excluding hydrogens is 346 g/mol. The van der Waals surface area contributed by atoms with Gasteiger partial charge in [0.2, 0.25) is 5.95 Å². The van der Waals surface area contributed by atoms with Crippen LogP contribution in [-0.4, -0.2) is 52.8 Å². The SMILES string of the molecule is CN(C)C(=O)c1cccc(CSc2nnc(N3CCCC3)n2C2CC2)c1. The molecule has 2 aromatic rings. The van der Waals surface area contributed by atoms with E-state index in [1.807, 2.05) is 18.2 Å². The summed E-state index contributed by atoms with van der Waals surface area (Å²) >= 11 is 1.71. The molecule has 1 aliphatic carbocycles. The van der Waals surface area contributed by atoms with Crippen LogP contribution in [0.1, 0.15) is 47.6 Å². The molecule has 2 fully saturated rings. The number of thioether (sulfide) groups is 1. The van der Waals surface area contributed by atoms with Crippen molar-refractivity contribution in [2.24, 2.45) is 0 Å². The third kappa shape index (κ3) is 3.58. The molecule has 0 atom stereocenters. The molecule has 1 aliphatic heterocycles. The van der Waals surface area contributed by atoms with Gasteiger partial charge in [-0.15, -0.1) is 10.2 Å². The Kier molecular flexibility index (Phi) is 4.89. The fourth-order valence-corrected chi connectivity index (χ4v) is 4.30. The van der Waals surface area contributed by atoms with Crippen LogP contribution in [0.4, 0.5) is 5.95 Å². The molecule has 1 aromatic carbocycles. The molecular formula is C19H25N5OS. The van der Waals surface area contributed by atoms with Crippen LogP contribution in [0, 0.1) is 0 Å². The van der Waals surface area contributed by atoms with E-state index in [1.54, 1.807) is 30.8 Å². The predicted octanol–water partition coefficient (Wildman–Crippen LogP) is 3.21. The van der Waals surface area contributed by atoms with Crippen LogP contribution in [0.15, 0.2) is 29.4 Å². The minimum absolute atomic E-state index is 0.0364. The average molecular weight is 372 g/mol. The van der Waals surface area contributed by atoms with E-state index in [4.69, 9.17) is 0 Å². The molecule has 1 amide bonds. The fourth-order valence-electron chi connectivity index (χ4n) is 3.35. The first-order chi connectivity index (χ1) is 12.6. The van der Waals surface area contributed by atoms with Gasteiger partial charge in [0.15, 0.2) is 5.16 Å². The highest BCUT2D eigenvalue weighted by Crippen LogP contribution is 2.41. The van der Waals surface area contributed by atoms with Crippen LogP contribution < -0.4 is 4.90 Å². The number of amides is 1. The Hall–Kier alpha value is -2.02. The summed E-state index contributed by atoms with van der Waals surface area (Å²) in [6.45, 7) is 2.18. The van der Waals surface area contributed by atoms with Crippen LogP contribution in [0.5, 0.6) is 0 Å². The summed E-state index contributed by atoms with van der Waals surface area (Å²) in [5.74, 6) is 1.87. The molecule has 26 heavy (non-hydrogen) atoms. The van der Waals surface area contributed by atoms with E-state index in [-0.39, 0.29) is 5.91 Å². The van der Waals surface area contributed by atoms with Crippen molar-refractivity contribution in [3.05, 3.63) is 35.4 Å². The van der Waals surface area contributed by atoms with Crippen molar-refractivity contribution in [2.45, 2.75) is 42.6 Å². The molecule has 138 valence electrons. The summed E-state index contributed by atoms with van der Waals surface area (Å²) in [6.07, 6.45) is 4.93. The zero-order valence-corrected chi connectivity index (χ0v) is 16.2. The summed E-state index contributed by atoms with van der Waals surface area (Å²) in [6, 6.07) is 8.43. The molecule has 0 N–H and O–H groups in total. The summed E-state index contributed by atoms with van der Waals surface area (Å²) in [4.78, 5) is 16.1. The molecule has 0 bridgehead atoms. The highest BCUT2D eigenvalue weighted by molar-refractivity contribution is 7.98. The Balaban J connectivity index is 1.50. The van der Waals surface area contributed by atoms with E-state index in [9.17, 15) is 4.79 Å². The van der Waals surface area contributed by atoms with Gasteiger partial charge in [0.05, 0.1) is 0 Å². The topological polar surface area (TPSA) is 54.3 Å². The van der Waals surface area contributed by atoms with E-state index in [1.165, 1.54) is 25.7 Å². The summed E-state index contributed by atoms with van der Waals surface area (Å²) in [5.41, 5.74) is 1.87. The van der Waals surface area contributed by atoms with Gasteiger partial charge in [0, 0.05) is 44.5 Å². The van der Waals surface area contributed by atoms with Crippen molar-refractivity contribution in [3.63, 3.8) is 0 Å². The Morgan fingerprint density at radius 2 is 2.00 bits per heavy atom. The highest BCUT2D eigenvalue weighted by atomic mass is 32.2. The van der Waals surface area contributed by atoms with Gasteiger partial charge in [-0.25, -0.2) is 0 Å². The Morgan fingerprint density at radius 1 is 1.23 bits per heavy atom. The minimum Gasteiger partial charge on any atom is -0.345 e. The Morgan fingerprint density at radius 3 is 2.69 bits per heavy atom. The highest BCUT2D eigenvalue weighted by Gasteiger charge is 2.32. The number of carbonyl (C=O) groups excluding carboxylic acids is 1. The van der Waals surface area contributed by atoms with Gasteiger partial charge in [0.1, 0.15) is 0 Å². The van der Waals surface area contributed by atoms with Gasteiger partial charge in [-0.1, -0.05) is 23.9 Å². The largest absolute Gasteiger partial charge is 0.345 e. The Labute approximate surface area is 158 Å². The van der Waals surface area contributed by atoms with E-state index in [0.717, 1.165) is 41.1 Å². The number of carbonyl (C=O) groups is 1. The maximum atomic E-state index is 12.2. The lowest BCUT2D eigenvalue weighted by molar-refractivity contribution is 0.0827. The minimum atomic E-state index is 0.0364. The third-order valence-corrected chi connectivity index (χ3v) is 5.91. The van der Waals surface area contributed by atoms with Crippen LogP contribution >= 0.6 is 11.8 Å². The number of aromatic nitrogens is 3. The van der Waals surface area contributed by atoms with Gasteiger partial charge >= 0.3 is 0 Å². The van der Waals surface area contributed by atoms with E-state index < -0.39 is 0 Å². The Bertz CT molecular complexity index is 793. The second-order valence-electron chi connectivity index (χ2n) is 7.27. The lowest BCUT2D eigenvalue weighted by atomic mass is 10.1. The predicted molar refractivity (Wildman–Crippen MR) is 104 cm³/mol. The molecule has 6 nitrogen and oxygen atoms in total. The maximum Gasteiger partial charge on any atom is 0.253 e. The number of rotatable bonds is 6. The third-order valence-electron chi connectivity index (χ3n) is 4.90. The smallest absolute Gasteiger partial charge is 0.253 e. The van der Waals surface area contributed by atoms with Crippen LogP contribution in [0.3, 0.4) is 0 Å². The van der Waals surface area contributed by atoms with Gasteiger partial charge in [-0.3, -0.25) is 9.36 Å². The average Bonchev–Trinajstić information content (AvgIpc) is 3.17. The number of nitrogens with zero attached hydrogens (tertiary/aromatic N) is 5. The van der Waals surface area contributed by atoms with E-state index >= 15 is 0 Å². The normalized spacial score (nSPS) is 16.9. The maximum absolute atomic E-state index is 12.2. The van der Waals surface area contributed by atoms with Gasteiger partial charge in [0.25, 0.3) is 5.91 Å². The molecule has 0 radical (unpaired) electrons. The second kappa shape index (κ2) is 7.31. The standard InChI is InChI=1S/C19H25N5OS/c1-22(2)17(25)15-7-5-6-14(12-15)13-26-19-21-20-18(23-10-3-4-11-23)24(19)16-8-9-16/h5-7,12,16H,3-4,8-11,13H2,1-2H3. The van der Waals surface area contributed by atoms with Crippen molar-refractivity contribution in [1.29, 1.82) is 0 Å². The first kappa shape index (κ1) is 17.4. The summed E-state index contributed by atoms with van der Waals surface area (Å²) in [7, 11) is 3.56. The first-order valence-electron chi connectivity index (χ1n) is 9.27. The van der Waals surface area contributed by atoms with Crippen LogP contribution in [0.2, 0.25) is 0 Å². The molecule has 1 saturated heterocycles. The lowest BCUT2D eigenvalue weighted by Gasteiger charge is -2.18. The number of benzene rings is 1. The van der Waals surface area contributed by atoms with Gasteiger partial charge in [-0.2, -0.15) is 0 Å². The van der Waals surface area contributed by atoms with Crippen LogP contribution in [0.25, 0.3) is 0 Å². The lowest BCUT2D eigenvalue weighted by Crippen LogP contribution is -2.22. The fraction of sp³-hybridized carbons (Fsp3) is 0.526. The molecule has 1 saturated carbocycles.